The van der Waals surface area contributed by atoms with Crippen LogP contribution < -0.4 is 14.8 Å². The van der Waals surface area contributed by atoms with Crippen LogP contribution in [0.15, 0.2) is 54.1 Å². The Bertz CT molecular complexity index is 822. The van der Waals surface area contributed by atoms with Gasteiger partial charge in [-0.1, -0.05) is 36.4 Å². The van der Waals surface area contributed by atoms with Crippen LogP contribution in [-0.4, -0.2) is 12.7 Å². The normalized spacial score (nSPS) is 13.9. The van der Waals surface area contributed by atoms with Crippen LogP contribution >= 0.6 is 0 Å². The molecule has 120 valence electrons. The first-order valence-corrected chi connectivity index (χ1v) is 7.54. The SMILES string of the molecule is CC(NC(=O)/C(C#N)=C/c1ccc2c(c1)OCO2)c1ccccc1. The second-order valence-electron chi connectivity index (χ2n) is 5.39. The Balaban J connectivity index is 1.76. The summed E-state index contributed by atoms with van der Waals surface area (Å²) in [6.07, 6.45) is 1.54. The highest BCUT2D eigenvalue weighted by Gasteiger charge is 2.16. The van der Waals surface area contributed by atoms with Crippen molar-refractivity contribution in [3.63, 3.8) is 0 Å². The van der Waals surface area contributed by atoms with Gasteiger partial charge in [0.1, 0.15) is 11.6 Å². The summed E-state index contributed by atoms with van der Waals surface area (Å²) in [4.78, 5) is 12.3. The molecule has 1 atom stereocenters. The smallest absolute Gasteiger partial charge is 0.262 e. The Kier molecular flexibility index (Phi) is 4.48. The van der Waals surface area contributed by atoms with Crippen molar-refractivity contribution in [2.24, 2.45) is 0 Å². The molecule has 0 saturated heterocycles. The summed E-state index contributed by atoms with van der Waals surface area (Å²) in [5.74, 6) is 0.860. The number of carbonyl (C=O) groups excluding carboxylic acids is 1. The van der Waals surface area contributed by atoms with Gasteiger partial charge in [0.2, 0.25) is 6.79 Å². The third-order valence-electron chi connectivity index (χ3n) is 3.72. The number of nitriles is 1. The Labute approximate surface area is 140 Å². The predicted octanol–water partition coefficient (Wildman–Crippen LogP) is 3.20. The summed E-state index contributed by atoms with van der Waals surface area (Å²) in [5.41, 5.74) is 1.72. The van der Waals surface area contributed by atoms with Crippen molar-refractivity contribution in [1.29, 1.82) is 5.26 Å². The van der Waals surface area contributed by atoms with Crippen LogP contribution in [-0.2, 0) is 4.79 Å². The number of hydrogen-bond donors (Lipinski definition) is 1. The van der Waals surface area contributed by atoms with Crippen molar-refractivity contribution >= 4 is 12.0 Å². The fourth-order valence-corrected chi connectivity index (χ4v) is 2.42. The van der Waals surface area contributed by atoms with Gasteiger partial charge in [-0.05, 0) is 36.3 Å². The Morgan fingerprint density at radius 3 is 2.71 bits per heavy atom. The third kappa shape index (κ3) is 3.39. The van der Waals surface area contributed by atoms with Crippen LogP contribution in [0.3, 0.4) is 0 Å². The number of rotatable bonds is 4. The maximum absolute atomic E-state index is 12.3. The number of amides is 1. The highest BCUT2D eigenvalue weighted by molar-refractivity contribution is 6.01. The molecule has 3 rings (SSSR count). The van der Waals surface area contributed by atoms with Crippen molar-refractivity contribution in [2.75, 3.05) is 6.79 Å². The number of hydrogen-bond acceptors (Lipinski definition) is 4. The van der Waals surface area contributed by atoms with Gasteiger partial charge in [0.15, 0.2) is 11.5 Å². The van der Waals surface area contributed by atoms with Crippen molar-refractivity contribution in [3.05, 3.63) is 65.2 Å². The van der Waals surface area contributed by atoms with Crippen LogP contribution in [0.4, 0.5) is 0 Å². The van der Waals surface area contributed by atoms with E-state index in [4.69, 9.17) is 9.47 Å². The molecule has 1 aliphatic rings. The molecule has 0 radical (unpaired) electrons. The third-order valence-corrected chi connectivity index (χ3v) is 3.72. The number of fused-ring (bicyclic) bond motifs is 1. The van der Waals surface area contributed by atoms with Gasteiger partial charge in [-0.2, -0.15) is 5.26 Å². The predicted molar refractivity (Wildman–Crippen MR) is 89.2 cm³/mol. The van der Waals surface area contributed by atoms with E-state index in [2.05, 4.69) is 5.32 Å². The van der Waals surface area contributed by atoms with Gasteiger partial charge in [-0.15, -0.1) is 0 Å². The minimum Gasteiger partial charge on any atom is -0.454 e. The van der Waals surface area contributed by atoms with Crippen LogP contribution in [0.5, 0.6) is 11.5 Å². The molecule has 1 unspecified atom stereocenters. The van der Waals surface area contributed by atoms with Crippen molar-refractivity contribution in [3.8, 4) is 17.6 Å². The zero-order valence-corrected chi connectivity index (χ0v) is 13.2. The lowest BCUT2D eigenvalue weighted by Gasteiger charge is -2.13. The summed E-state index contributed by atoms with van der Waals surface area (Å²) in [7, 11) is 0. The number of nitrogens with zero attached hydrogens (tertiary/aromatic N) is 1. The molecule has 1 aliphatic heterocycles. The van der Waals surface area contributed by atoms with Crippen LogP contribution in [0.1, 0.15) is 24.1 Å². The molecule has 24 heavy (non-hydrogen) atoms. The molecule has 0 aromatic heterocycles. The molecule has 2 aromatic rings. The van der Waals surface area contributed by atoms with Gasteiger partial charge in [0.05, 0.1) is 6.04 Å². The maximum atomic E-state index is 12.3. The van der Waals surface area contributed by atoms with Crippen molar-refractivity contribution in [2.45, 2.75) is 13.0 Å². The van der Waals surface area contributed by atoms with E-state index >= 15 is 0 Å². The van der Waals surface area contributed by atoms with E-state index in [1.165, 1.54) is 6.08 Å². The molecule has 0 saturated carbocycles. The number of ether oxygens (including phenoxy) is 2. The molecule has 1 heterocycles. The van der Waals surface area contributed by atoms with Gasteiger partial charge in [-0.3, -0.25) is 4.79 Å². The monoisotopic (exact) mass is 320 g/mol. The molecule has 5 nitrogen and oxygen atoms in total. The minimum absolute atomic E-state index is 0.0386. The van der Waals surface area contributed by atoms with Gasteiger partial charge >= 0.3 is 0 Å². The maximum Gasteiger partial charge on any atom is 0.262 e. The second kappa shape index (κ2) is 6.88. The summed E-state index contributed by atoms with van der Waals surface area (Å²) in [6, 6.07) is 16.6. The molecule has 5 heteroatoms. The summed E-state index contributed by atoms with van der Waals surface area (Å²) < 4.78 is 10.5. The van der Waals surface area contributed by atoms with Gasteiger partial charge in [-0.25, -0.2) is 0 Å². The Morgan fingerprint density at radius 2 is 1.96 bits per heavy atom. The van der Waals surface area contributed by atoms with Crippen LogP contribution in [0.2, 0.25) is 0 Å². The lowest BCUT2D eigenvalue weighted by Crippen LogP contribution is -2.27. The van der Waals surface area contributed by atoms with Gasteiger partial charge in [0, 0.05) is 0 Å². The largest absolute Gasteiger partial charge is 0.454 e. The topological polar surface area (TPSA) is 71.4 Å². The van der Waals surface area contributed by atoms with E-state index in [1.807, 2.05) is 43.3 Å². The number of nitrogens with one attached hydrogen (secondary N) is 1. The van der Waals surface area contributed by atoms with E-state index in [1.54, 1.807) is 18.2 Å². The lowest BCUT2D eigenvalue weighted by molar-refractivity contribution is -0.117. The molecule has 1 amide bonds. The quantitative estimate of drug-likeness (QED) is 0.693. The first-order valence-electron chi connectivity index (χ1n) is 7.54. The highest BCUT2D eigenvalue weighted by atomic mass is 16.7. The summed E-state index contributed by atoms with van der Waals surface area (Å²) in [6.45, 7) is 2.06. The van der Waals surface area contributed by atoms with E-state index in [9.17, 15) is 10.1 Å². The molecular weight excluding hydrogens is 304 g/mol. The molecular formula is C19H16N2O3. The van der Waals surface area contributed by atoms with E-state index in [-0.39, 0.29) is 18.4 Å². The fourth-order valence-electron chi connectivity index (χ4n) is 2.42. The molecule has 0 aliphatic carbocycles. The zero-order chi connectivity index (χ0) is 16.9. The first-order chi connectivity index (χ1) is 11.7. The summed E-state index contributed by atoms with van der Waals surface area (Å²) >= 11 is 0. The minimum atomic E-state index is -0.411. The molecule has 0 fully saturated rings. The molecule has 0 bridgehead atoms. The van der Waals surface area contributed by atoms with Crippen LogP contribution in [0.25, 0.3) is 6.08 Å². The van der Waals surface area contributed by atoms with E-state index < -0.39 is 5.91 Å². The van der Waals surface area contributed by atoms with E-state index in [0.29, 0.717) is 17.1 Å². The molecule has 1 N–H and O–H groups in total. The Morgan fingerprint density at radius 1 is 1.21 bits per heavy atom. The first kappa shape index (κ1) is 15.6. The van der Waals surface area contributed by atoms with Gasteiger partial charge in [0.25, 0.3) is 5.91 Å². The standard InChI is InChI=1S/C19H16N2O3/c1-13(15-5-3-2-4-6-15)21-19(22)16(11-20)9-14-7-8-17-18(10-14)24-12-23-17/h2-10,13H,12H2,1H3,(H,21,22)/b16-9+. The fraction of sp³-hybridized carbons (Fsp3) is 0.158. The van der Waals surface area contributed by atoms with Crippen LogP contribution in [0, 0.1) is 11.3 Å². The van der Waals surface area contributed by atoms with Gasteiger partial charge < -0.3 is 14.8 Å². The number of benzene rings is 2. The number of carbonyl (C=O) groups is 1. The molecule has 0 spiro atoms. The Hall–Kier alpha value is -3.26. The average molecular weight is 320 g/mol. The lowest BCUT2D eigenvalue weighted by atomic mass is 10.1. The van der Waals surface area contributed by atoms with Crippen molar-refractivity contribution in [1.82, 2.24) is 5.32 Å². The summed E-state index contributed by atoms with van der Waals surface area (Å²) in [5, 5.41) is 12.1. The van der Waals surface area contributed by atoms with Crippen molar-refractivity contribution < 1.29 is 14.3 Å². The highest BCUT2D eigenvalue weighted by Crippen LogP contribution is 2.33. The second-order valence-corrected chi connectivity index (χ2v) is 5.39. The zero-order valence-electron chi connectivity index (χ0n) is 13.2. The average Bonchev–Trinajstić information content (AvgIpc) is 3.08. The van der Waals surface area contributed by atoms with E-state index in [0.717, 1.165) is 5.56 Å². The molecule has 2 aromatic carbocycles.